The Morgan fingerprint density at radius 2 is 2.24 bits per heavy atom. The van der Waals surface area contributed by atoms with Crippen LogP contribution in [-0.4, -0.2) is 7.11 Å². The molecule has 1 aromatic carbocycles. The Hall–Kier alpha value is -1.09. The lowest BCUT2D eigenvalue weighted by atomic mass is 9.93. The summed E-state index contributed by atoms with van der Waals surface area (Å²) in [6, 6.07) is 4.83. The molecule has 0 N–H and O–H groups in total. The fourth-order valence-electron chi connectivity index (χ4n) is 1.89. The van der Waals surface area contributed by atoms with Crippen LogP contribution in [0.1, 0.15) is 17.5 Å². The average Bonchev–Trinajstić information content (AvgIpc) is 2.38. The zero-order chi connectivity index (χ0) is 12.3. The quantitative estimate of drug-likeness (QED) is 0.758. The molecular formula is C14H13BrFO. The Labute approximate surface area is 109 Å². The average molecular weight is 296 g/mol. The number of benzene rings is 1. The van der Waals surface area contributed by atoms with Gasteiger partial charge in [0.05, 0.1) is 7.11 Å². The maximum Gasteiger partial charge on any atom is 0.123 e. The molecule has 1 nitrogen and oxygen atoms in total. The molecule has 1 aliphatic carbocycles. The van der Waals surface area contributed by atoms with Crippen LogP contribution >= 0.6 is 15.9 Å². The molecule has 89 valence electrons. The topological polar surface area (TPSA) is 9.23 Å². The number of alkyl halides is 1. The highest BCUT2D eigenvalue weighted by atomic mass is 79.9. The van der Waals surface area contributed by atoms with Crippen molar-refractivity contribution in [2.45, 2.75) is 11.8 Å². The van der Waals surface area contributed by atoms with Gasteiger partial charge in [-0.05, 0) is 42.2 Å². The van der Waals surface area contributed by atoms with Crippen LogP contribution in [0.3, 0.4) is 0 Å². The lowest BCUT2D eigenvalue weighted by Gasteiger charge is -2.17. The zero-order valence-electron chi connectivity index (χ0n) is 9.54. The maximum absolute atomic E-state index is 13.4. The lowest BCUT2D eigenvalue weighted by Crippen LogP contribution is -2.01. The van der Waals surface area contributed by atoms with Crippen LogP contribution < -0.4 is 0 Å². The second kappa shape index (κ2) is 5.50. The van der Waals surface area contributed by atoms with Gasteiger partial charge in [-0.3, -0.25) is 0 Å². The SMILES string of the molecule is COC1=C(c2cc(F)ccc2CBr)[CH]CC=C1. The van der Waals surface area contributed by atoms with Crippen molar-refractivity contribution in [3.05, 3.63) is 59.5 Å². The number of hydrogen-bond acceptors (Lipinski definition) is 1. The summed E-state index contributed by atoms with van der Waals surface area (Å²) in [6.45, 7) is 0. The van der Waals surface area contributed by atoms with Crippen LogP contribution in [0.2, 0.25) is 0 Å². The van der Waals surface area contributed by atoms with E-state index in [-0.39, 0.29) is 5.82 Å². The predicted molar refractivity (Wildman–Crippen MR) is 71.0 cm³/mol. The third-order valence-corrected chi connectivity index (χ3v) is 3.32. The number of methoxy groups -OCH3 is 1. The van der Waals surface area contributed by atoms with Gasteiger partial charge in [-0.1, -0.05) is 28.1 Å². The molecule has 1 aliphatic rings. The van der Waals surface area contributed by atoms with Gasteiger partial charge in [0, 0.05) is 10.9 Å². The Bertz CT molecular complexity index is 477. The molecule has 0 heterocycles. The van der Waals surface area contributed by atoms with Crippen molar-refractivity contribution >= 4 is 21.5 Å². The Morgan fingerprint density at radius 3 is 2.94 bits per heavy atom. The Balaban J connectivity index is 2.55. The minimum Gasteiger partial charge on any atom is -0.496 e. The van der Waals surface area contributed by atoms with Gasteiger partial charge < -0.3 is 4.74 Å². The fraction of sp³-hybridized carbons (Fsp3) is 0.214. The molecule has 1 aromatic rings. The highest BCUT2D eigenvalue weighted by molar-refractivity contribution is 9.08. The van der Waals surface area contributed by atoms with Crippen LogP contribution in [0.4, 0.5) is 4.39 Å². The zero-order valence-corrected chi connectivity index (χ0v) is 11.1. The van der Waals surface area contributed by atoms with Gasteiger partial charge in [0.1, 0.15) is 11.6 Å². The molecule has 0 bridgehead atoms. The van der Waals surface area contributed by atoms with Crippen LogP contribution in [0.25, 0.3) is 5.57 Å². The first-order valence-corrected chi connectivity index (χ1v) is 6.51. The maximum atomic E-state index is 13.4. The van der Waals surface area contributed by atoms with E-state index in [1.54, 1.807) is 19.2 Å². The number of ether oxygens (including phenoxy) is 1. The summed E-state index contributed by atoms with van der Waals surface area (Å²) < 4.78 is 18.7. The first-order valence-electron chi connectivity index (χ1n) is 5.39. The minimum absolute atomic E-state index is 0.226. The van der Waals surface area contributed by atoms with Crippen molar-refractivity contribution < 1.29 is 9.13 Å². The van der Waals surface area contributed by atoms with Gasteiger partial charge in [-0.15, -0.1) is 0 Å². The molecule has 0 fully saturated rings. The molecule has 3 heteroatoms. The van der Waals surface area contributed by atoms with Gasteiger partial charge in [0.15, 0.2) is 0 Å². The molecular weight excluding hydrogens is 283 g/mol. The van der Waals surface area contributed by atoms with Crippen LogP contribution in [0.5, 0.6) is 0 Å². The second-order valence-electron chi connectivity index (χ2n) is 3.76. The first kappa shape index (κ1) is 12.4. The largest absolute Gasteiger partial charge is 0.496 e. The van der Waals surface area contributed by atoms with E-state index < -0.39 is 0 Å². The molecule has 0 unspecified atom stereocenters. The van der Waals surface area contributed by atoms with E-state index in [1.165, 1.54) is 6.07 Å². The molecule has 1 radical (unpaired) electrons. The van der Waals surface area contributed by atoms with Crippen LogP contribution in [0, 0.1) is 12.2 Å². The number of halogens is 2. The third kappa shape index (κ3) is 2.60. The summed E-state index contributed by atoms with van der Waals surface area (Å²) in [4.78, 5) is 0. The summed E-state index contributed by atoms with van der Waals surface area (Å²) in [7, 11) is 1.63. The van der Waals surface area contributed by atoms with Crippen molar-refractivity contribution in [2.24, 2.45) is 0 Å². The van der Waals surface area contributed by atoms with E-state index in [0.717, 1.165) is 28.9 Å². The van der Waals surface area contributed by atoms with Gasteiger partial charge in [0.25, 0.3) is 0 Å². The van der Waals surface area contributed by atoms with Gasteiger partial charge in [-0.25, -0.2) is 4.39 Å². The van der Waals surface area contributed by atoms with Crippen molar-refractivity contribution in [1.82, 2.24) is 0 Å². The summed E-state index contributed by atoms with van der Waals surface area (Å²) in [6.07, 6.45) is 6.86. The van der Waals surface area contributed by atoms with Crippen molar-refractivity contribution in [3.63, 3.8) is 0 Å². The number of rotatable bonds is 3. The summed E-state index contributed by atoms with van der Waals surface area (Å²) in [5.41, 5.74) is 2.91. The van der Waals surface area contributed by atoms with Gasteiger partial charge in [-0.2, -0.15) is 0 Å². The van der Waals surface area contributed by atoms with E-state index in [1.807, 2.05) is 12.2 Å². The van der Waals surface area contributed by atoms with E-state index in [2.05, 4.69) is 22.4 Å². The highest BCUT2D eigenvalue weighted by Crippen LogP contribution is 2.31. The Morgan fingerprint density at radius 1 is 1.41 bits per heavy atom. The predicted octanol–water partition coefficient (Wildman–Crippen LogP) is 4.24. The third-order valence-electron chi connectivity index (χ3n) is 2.72. The molecule has 17 heavy (non-hydrogen) atoms. The molecule has 2 rings (SSSR count). The van der Waals surface area contributed by atoms with Gasteiger partial charge in [0.2, 0.25) is 0 Å². The van der Waals surface area contributed by atoms with Crippen molar-refractivity contribution in [2.75, 3.05) is 7.11 Å². The molecule has 0 atom stereocenters. The van der Waals surface area contributed by atoms with E-state index in [4.69, 9.17) is 4.74 Å². The van der Waals surface area contributed by atoms with Crippen LogP contribution in [0.15, 0.2) is 36.1 Å². The van der Waals surface area contributed by atoms with Crippen LogP contribution in [-0.2, 0) is 10.1 Å². The van der Waals surface area contributed by atoms with E-state index in [9.17, 15) is 4.39 Å². The first-order chi connectivity index (χ1) is 8.26. The number of allylic oxidation sites excluding steroid dienone is 3. The highest BCUT2D eigenvalue weighted by Gasteiger charge is 2.15. The molecule has 0 aromatic heterocycles. The minimum atomic E-state index is -0.226. The summed E-state index contributed by atoms with van der Waals surface area (Å²) in [5.74, 6) is 0.555. The molecule has 0 amide bonds. The molecule has 0 saturated heterocycles. The lowest BCUT2D eigenvalue weighted by molar-refractivity contribution is 0.308. The monoisotopic (exact) mass is 295 g/mol. The van der Waals surface area contributed by atoms with Gasteiger partial charge >= 0.3 is 0 Å². The standard InChI is InChI=1S/C14H13BrFO/c1-17-14-5-3-2-4-12(14)13-8-11(16)7-6-10(13)9-15/h3-8H,2,9H2,1H3. The van der Waals surface area contributed by atoms with E-state index in [0.29, 0.717) is 5.33 Å². The summed E-state index contributed by atoms with van der Waals surface area (Å²) >= 11 is 3.42. The fourth-order valence-corrected chi connectivity index (χ4v) is 2.38. The number of hydrogen-bond donors (Lipinski definition) is 0. The molecule has 0 spiro atoms. The van der Waals surface area contributed by atoms with Crippen molar-refractivity contribution in [3.8, 4) is 0 Å². The normalized spacial score (nSPS) is 15.2. The summed E-state index contributed by atoms with van der Waals surface area (Å²) in [5, 5.41) is 0.695. The van der Waals surface area contributed by atoms with E-state index >= 15 is 0 Å². The smallest absolute Gasteiger partial charge is 0.123 e. The van der Waals surface area contributed by atoms with Crippen molar-refractivity contribution in [1.29, 1.82) is 0 Å². The second-order valence-corrected chi connectivity index (χ2v) is 4.32. The molecule has 0 aliphatic heterocycles. The molecule has 0 saturated carbocycles. The Kier molecular flexibility index (Phi) is 4.00.